The second-order valence-corrected chi connectivity index (χ2v) is 7.25. The van der Waals surface area contributed by atoms with Gasteiger partial charge in [0, 0.05) is 12.1 Å². The predicted octanol–water partition coefficient (Wildman–Crippen LogP) is 4.66. The molecule has 2 amide bonds. The van der Waals surface area contributed by atoms with Gasteiger partial charge in [-0.3, -0.25) is 14.5 Å². The van der Waals surface area contributed by atoms with Crippen LogP contribution in [-0.2, 0) is 9.59 Å². The van der Waals surface area contributed by atoms with Gasteiger partial charge in [0.05, 0.1) is 13.7 Å². The third-order valence-electron chi connectivity index (χ3n) is 5.03. The molecule has 1 aliphatic heterocycles. The maximum absolute atomic E-state index is 12.9. The zero-order valence-electron chi connectivity index (χ0n) is 18.3. The molecule has 2 rings (SSSR count). The third kappa shape index (κ3) is 5.29. The molecule has 0 spiro atoms. The van der Waals surface area contributed by atoms with Crippen LogP contribution >= 0.6 is 0 Å². The molecule has 1 aromatic rings. The number of methoxy groups -OCH3 is 1. The van der Waals surface area contributed by atoms with Crippen LogP contribution in [0.5, 0.6) is 11.5 Å². The first-order valence-corrected chi connectivity index (χ1v) is 10.5. The van der Waals surface area contributed by atoms with Crippen molar-refractivity contribution in [2.75, 3.05) is 20.3 Å². The van der Waals surface area contributed by atoms with Gasteiger partial charge >= 0.3 is 0 Å². The smallest absolute Gasteiger partial charge is 0.271 e. The van der Waals surface area contributed by atoms with E-state index < -0.39 is 5.91 Å². The van der Waals surface area contributed by atoms with Gasteiger partial charge in [-0.2, -0.15) is 5.26 Å². The van der Waals surface area contributed by atoms with Crippen molar-refractivity contribution in [1.29, 1.82) is 5.26 Å². The van der Waals surface area contributed by atoms with E-state index in [1.54, 1.807) is 26.2 Å². The number of hydrogen-bond acceptors (Lipinski definition) is 5. The van der Waals surface area contributed by atoms with Crippen LogP contribution in [0, 0.1) is 11.3 Å². The molecule has 160 valence electrons. The van der Waals surface area contributed by atoms with Crippen LogP contribution in [0.2, 0.25) is 0 Å². The number of imide groups is 1. The number of nitrogens with zero attached hydrogens (tertiary/aromatic N) is 2. The third-order valence-corrected chi connectivity index (χ3v) is 5.03. The predicted molar refractivity (Wildman–Crippen MR) is 116 cm³/mol. The Kier molecular flexibility index (Phi) is 8.67. The topological polar surface area (TPSA) is 79.6 Å². The zero-order chi connectivity index (χ0) is 22.1. The minimum Gasteiger partial charge on any atom is -0.493 e. The maximum Gasteiger partial charge on any atom is 0.271 e. The maximum atomic E-state index is 12.9. The number of ether oxygens (including phenoxy) is 2. The minimum atomic E-state index is -0.525. The monoisotopic (exact) mass is 410 g/mol. The lowest BCUT2D eigenvalue weighted by molar-refractivity contribution is -0.140. The quantitative estimate of drug-likeness (QED) is 0.318. The van der Waals surface area contributed by atoms with Crippen molar-refractivity contribution in [3.05, 3.63) is 40.5 Å². The van der Waals surface area contributed by atoms with Gasteiger partial charge in [0.25, 0.3) is 11.8 Å². The molecular formula is C24H30N2O4. The van der Waals surface area contributed by atoms with Gasteiger partial charge < -0.3 is 9.47 Å². The molecule has 0 saturated heterocycles. The number of rotatable bonds is 10. The Bertz CT molecular complexity index is 893. The van der Waals surface area contributed by atoms with Gasteiger partial charge in [-0.1, -0.05) is 39.2 Å². The van der Waals surface area contributed by atoms with Gasteiger partial charge in [0.15, 0.2) is 11.5 Å². The van der Waals surface area contributed by atoms with E-state index in [0.29, 0.717) is 35.7 Å². The molecule has 0 aliphatic carbocycles. The highest BCUT2D eigenvalue weighted by Gasteiger charge is 2.34. The number of nitriles is 1. The van der Waals surface area contributed by atoms with Gasteiger partial charge in [-0.25, -0.2) is 0 Å². The van der Waals surface area contributed by atoms with Crippen molar-refractivity contribution in [2.24, 2.45) is 0 Å². The van der Waals surface area contributed by atoms with E-state index in [2.05, 4.69) is 6.92 Å². The van der Waals surface area contributed by atoms with Crippen LogP contribution in [0.3, 0.4) is 0 Å². The average molecular weight is 411 g/mol. The number of carbonyl (C=O) groups is 2. The molecule has 1 aromatic carbocycles. The van der Waals surface area contributed by atoms with E-state index in [9.17, 15) is 14.9 Å². The normalized spacial score (nSPS) is 15.6. The number of unbranched alkanes of at least 4 members (excludes halogenated alkanes) is 3. The number of amides is 2. The van der Waals surface area contributed by atoms with Crippen molar-refractivity contribution >= 4 is 17.9 Å². The van der Waals surface area contributed by atoms with E-state index in [4.69, 9.17) is 9.47 Å². The molecule has 0 saturated carbocycles. The van der Waals surface area contributed by atoms with Gasteiger partial charge in [-0.15, -0.1) is 0 Å². The summed E-state index contributed by atoms with van der Waals surface area (Å²) < 4.78 is 11.3. The molecule has 0 radical (unpaired) electrons. The van der Waals surface area contributed by atoms with Crippen molar-refractivity contribution in [2.45, 2.75) is 52.9 Å². The van der Waals surface area contributed by atoms with E-state index in [1.807, 2.05) is 25.1 Å². The molecule has 0 bridgehead atoms. The lowest BCUT2D eigenvalue weighted by Crippen LogP contribution is -2.43. The molecule has 0 unspecified atom stereocenters. The summed E-state index contributed by atoms with van der Waals surface area (Å²) in [6.45, 7) is 6.59. The summed E-state index contributed by atoms with van der Waals surface area (Å²) in [7, 11) is 1.57. The van der Waals surface area contributed by atoms with Gasteiger partial charge in [0.1, 0.15) is 11.6 Å². The first-order valence-electron chi connectivity index (χ1n) is 10.5. The summed E-state index contributed by atoms with van der Waals surface area (Å²) in [6.07, 6.45) is 6.80. The van der Waals surface area contributed by atoms with Crippen LogP contribution in [0.15, 0.2) is 34.9 Å². The molecular weight excluding hydrogens is 380 g/mol. The van der Waals surface area contributed by atoms with Crippen molar-refractivity contribution < 1.29 is 19.1 Å². The highest BCUT2D eigenvalue weighted by atomic mass is 16.5. The largest absolute Gasteiger partial charge is 0.493 e. The molecule has 1 aliphatic rings. The van der Waals surface area contributed by atoms with Crippen molar-refractivity contribution in [3.63, 3.8) is 0 Å². The molecule has 0 fully saturated rings. The molecule has 0 atom stereocenters. The number of hydrogen-bond donors (Lipinski definition) is 0. The summed E-state index contributed by atoms with van der Waals surface area (Å²) in [4.78, 5) is 26.5. The summed E-state index contributed by atoms with van der Waals surface area (Å²) in [5.74, 6) is 0.322. The second-order valence-electron chi connectivity index (χ2n) is 7.25. The van der Waals surface area contributed by atoms with E-state index in [1.165, 1.54) is 12.8 Å². The molecule has 30 heavy (non-hydrogen) atoms. The summed E-state index contributed by atoms with van der Waals surface area (Å²) in [5, 5.41) is 9.41. The zero-order valence-corrected chi connectivity index (χ0v) is 18.3. The fraction of sp³-hybridized carbons (Fsp3) is 0.458. The van der Waals surface area contributed by atoms with Gasteiger partial charge in [-0.05, 0) is 49.1 Å². The molecule has 0 aromatic heterocycles. The van der Waals surface area contributed by atoms with Crippen molar-refractivity contribution in [3.8, 4) is 17.6 Å². The highest BCUT2D eigenvalue weighted by molar-refractivity contribution is 6.19. The molecule has 1 heterocycles. The first-order chi connectivity index (χ1) is 14.5. The Hall–Kier alpha value is -3.07. The van der Waals surface area contributed by atoms with E-state index in [-0.39, 0.29) is 18.0 Å². The fourth-order valence-electron chi connectivity index (χ4n) is 3.33. The molecule has 6 heteroatoms. The first kappa shape index (κ1) is 23.2. The van der Waals surface area contributed by atoms with Crippen LogP contribution in [0.25, 0.3) is 6.08 Å². The minimum absolute atomic E-state index is 0.00768. The van der Waals surface area contributed by atoms with E-state index in [0.717, 1.165) is 23.3 Å². The van der Waals surface area contributed by atoms with Crippen LogP contribution in [-0.4, -0.2) is 37.0 Å². The van der Waals surface area contributed by atoms with Crippen LogP contribution < -0.4 is 9.47 Å². The van der Waals surface area contributed by atoms with E-state index >= 15 is 0 Å². The highest BCUT2D eigenvalue weighted by Crippen LogP contribution is 2.32. The average Bonchev–Trinajstić information content (AvgIpc) is 2.75. The van der Waals surface area contributed by atoms with Crippen molar-refractivity contribution in [1.82, 2.24) is 4.90 Å². The second kappa shape index (κ2) is 11.2. The Morgan fingerprint density at radius 3 is 2.47 bits per heavy atom. The fourth-order valence-corrected chi connectivity index (χ4v) is 3.33. The Morgan fingerprint density at radius 1 is 1.07 bits per heavy atom. The SMILES string of the molecule is CCCCCCOc1ccc(/C=C2/C(=O)N(CCC)C(=O)C(C#N)=C2C)cc1OC. The molecule has 0 N–H and O–H groups in total. The lowest BCUT2D eigenvalue weighted by Gasteiger charge is -2.27. The van der Waals surface area contributed by atoms with Crippen LogP contribution in [0.1, 0.15) is 58.4 Å². The standard InChI is InChI=1S/C24H30N2O4/c1-5-7-8-9-13-30-21-11-10-18(15-22(21)29-4)14-19-17(3)20(16-25)24(28)26(12-6-2)23(19)27/h10-11,14-15H,5-9,12-13H2,1-4H3/b19-14+. The number of benzene rings is 1. The Morgan fingerprint density at radius 2 is 1.83 bits per heavy atom. The summed E-state index contributed by atoms with van der Waals surface area (Å²) in [6, 6.07) is 7.40. The summed E-state index contributed by atoms with van der Waals surface area (Å²) >= 11 is 0. The summed E-state index contributed by atoms with van der Waals surface area (Å²) in [5.41, 5.74) is 1.48. The number of carbonyl (C=O) groups excluding carboxylic acids is 2. The van der Waals surface area contributed by atoms with Crippen LogP contribution in [0.4, 0.5) is 0 Å². The Balaban J connectivity index is 2.32. The molecule has 6 nitrogen and oxygen atoms in total. The lowest BCUT2D eigenvalue weighted by atomic mass is 9.93. The van der Waals surface area contributed by atoms with Gasteiger partial charge in [0.2, 0.25) is 0 Å². The Labute approximate surface area is 178 Å².